The topological polar surface area (TPSA) is 60.9 Å². The lowest BCUT2D eigenvalue weighted by Gasteiger charge is -2.37. The number of halogens is 3. The van der Waals surface area contributed by atoms with E-state index in [9.17, 15) is 27.6 Å². The van der Waals surface area contributed by atoms with Gasteiger partial charge in [0.2, 0.25) is 11.8 Å². The number of likely N-dealkylation sites (tertiary alicyclic amines) is 1. The van der Waals surface area contributed by atoms with Gasteiger partial charge < -0.3 is 14.7 Å². The monoisotopic (exact) mass is 473 g/mol. The molecule has 2 aliphatic rings. The van der Waals surface area contributed by atoms with Gasteiger partial charge in [0.05, 0.1) is 12.0 Å². The van der Waals surface area contributed by atoms with Crippen LogP contribution in [0.5, 0.6) is 0 Å². The highest BCUT2D eigenvalue weighted by molar-refractivity contribution is 5.95. The number of hydrogen-bond acceptors (Lipinski definition) is 3. The van der Waals surface area contributed by atoms with Crippen LogP contribution in [0, 0.1) is 0 Å². The van der Waals surface area contributed by atoms with Crippen LogP contribution in [0.4, 0.5) is 13.2 Å². The Morgan fingerprint density at radius 3 is 2.21 bits per heavy atom. The number of alkyl halides is 3. The predicted molar refractivity (Wildman–Crippen MR) is 119 cm³/mol. The minimum atomic E-state index is -4.52. The number of carbonyl (C=O) groups is 3. The van der Waals surface area contributed by atoms with Gasteiger partial charge in [-0.1, -0.05) is 36.4 Å². The van der Waals surface area contributed by atoms with Crippen LogP contribution in [-0.4, -0.2) is 71.2 Å². The molecule has 4 rings (SSSR count). The highest BCUT2D eigenvalue weighted by Crippen LogP contribution is 2.30. The first-order valence-electron chi connectivity index (χ1n) is 11.3. The summed E-state index contributed by atoms with van der Waals surface area (Å²) in [6, 6.07) is 13.2. The molecule has 0 bridgehead atoms. The largest absolute Gasteiger partial charge is 0.416 e. The van der Waals surface area contributed by atoms with Crippen molar-refractivity contribution in [1.29, 1.82) is 0 Å². The maximum Gasteiger partial charge on any atom is 0.416 e. The first kappa shape index (κ1) is 23.8. The van der Waals surface area contributed by atoms with E-state index in [1.54, 1.807) is 9.80 Å². The molecule has 9 heteroatoms. The molecule has 2 saturated heterocycles. The summed E-state index contributed by atoms with van der Waals surface area (Å²) < 4.78 is 38.9. The molecule has 2 aliphatic heterocycles. The zero-order valence-corrected chi connectivity index (χ0v) is 18.6. The van der Waals surface area contributed by atoms with Crippen molar-refractivity contribution in [3.05, 3.63) is 71.3 Å². The van der Waals surface area contributed by atoms with E-state index in [1.165, 1.54) is 17.0 Å². The number of amides is 3. The van der Waals surface area contributed by atoms with E-state index in [4.69, 9.17) is 0 Å². The molecule has 0 aromatic heterocycles. The quantitative estimate of drug-likeness (QED) is 0.685. The van der Waals surface area contributed by atoms with Crippen molar-refractivity contribution in [2.24, 2.45) is 0 Å². The minimum absolute atomic E-state index is 0.0249. The van der Waals surface area contributed by atoms with Crippen molar-refractivity contribution >= 4 is 17.7 Å². The van der Waals surface area contributed by atoms with E-state index in [0.29, 0.717) is 13.0 Å². The Kier molecular flexibility index (Phi) is 6.90. The van der Waals surface area contributed by atoms with Gasteiger partial charge in [0.15, 0.2) is 0 Å². The van der Waals surface area contributed by atoms with Crippen LogP contribution in [0.3, 0.4) is 0 Å². The summed E-state index contributed by atoms with van der Waals surface area (Å²) in [6.07, 6.45) is -2.93. The molecular formula is C25H26F3N3O3. The van der Waals surface area contributed by atoms with Crippen molar-refractivity contribution in [2.75, 3.05) is 32.7 Å². The summed E-state index contributed by atoms with van der Waals surface area (Å²) in [4.78, 5) is 43.5. The molecule has 180 valence electrons. The Bertz CT molecular complexity index is 1050. The molecule has 2 aromatic carbocycles. The summed E-state index contributed by atoms with van der Waals surface area (Å²) in [5, 5.41) is 0. The second-order valence-electron chi connectivity index (χ2n) is 8.60. The summed E-state index contributed by atoms with van der Waals surface area (Å²) in [6.45, 7) is 1.55. The first-order valence-corrected chi connectivity index (χ1v) is 11.3. The van der Waals surface area contributed by atoms with Crippen LogP contribution in [-0.2, 0) is 22.2 Å². The SMILES string of the molecule is O=C(c1cccc(C(F)(F)F)c1)N1CCN(C(=O)C2CCCN2C(=O)Cc2ccccc2)CC1. The third kappa shape index (κ3) is 5.24. The number of hydrogen-bond donors (Lipinski definition) is 0. The number of rotatable bonds is 4. The maximum atomic E-state index is 13.2. The van der Waals surface area contributed by atoms with E-state index in [-0.39, 0.29) is 50.0 Å². The van der Waals surface area contributed by atoms with Gasteiger partial charge in [-0.3, -0.25) is 14.4 Å². The molecule has 2 aromatic rings. The molecule has 0 radical (unpaired) electrons. The Morgan fingerprint density at radius 2 is 1.53 bits per heavy atom. The standard InChI is InChI=1S/C25H26F3N3O3/c26-25(27,28)20-9-4-8-19(17-20)23(33)29-12-14-30(15-13-29)24(34)21-10-5-11-31(21)22(32)16-18-6-2-1-3-7-18/h1-4,6-9,17,21H,5,10-16H2. The van der Waals surface area contributed by atoms with Crippen LogP contribution in [0.1, 0.15) is 34.3 Å². The lowest BCUT2D eigenvalue weighted by molar-refractivity contribution is -0.144. The molecule has 6 nitrogen and oxygen atoms in total. The second-order valence-corrected chi connectivity index (χ2v) is 8.60. The van der Waals surface area contributed by atoms with Gasteiger partial charge in [-0.2, -0.15) is 13.2 Å². The lowest BCUT2D eigenvalue weighted by Crippen LogP contribution is -2.55. The molecule has 0 spiro atoms. The lowest BCUT2D eigenvalue weighted by atomic mass is 10.1. The third-order valence-electron chi connectivity index (χ3n) is 6.37. The van der Waals surface area contributed by atoms with E-state index in [2.05, 4.69) is 0 Å². The van der Waals surface area contributed by atoms with Gasteiger partial charge in [0.25, 0.3) is 5.91 Å². The fraction of sp³-hybridized carbons (Fsp3) is 0.400. The van der Waals surface area contributed by atoms with E-state index < -0.39 is 23.7 Å². The zero-order chi connectivity index (χ0) is 24.3. The van der Waals surface area contributed by atoms with Crippen molar-refractivity contribution in [3.63, 3.8) is 0 Å². The summed E-state index contributed by atoms with van der Waals surface area (Å²) in [7, 11) is 0. The predicted octanol–water partition coefficient (Wildman–Crippen LogP) is 3.22. The average molecular weight is 473 g/mol. The molecular weight excluding hydrogens is 447 g/mol. The maximum absolute atomic E-state index is 13.2. The van der Waals surface area contributed by atoms with Gasteiger partial charge >= 0.3 is 6.18 Å². The number of piperazine rings is 1. The molecule has 0 aliphatic carbocycles. The van der Waals surface area contributed by atoms with Crippen molar-refractivity contribution in [3.8, 4) is 0 Å². The van der Waals surface area contributed by atoms with E-state index in [1.807, 2.05) is 30.3 Å². The molecule has 34 heavy (non-hydrogen) atoms. The zero-order valence-electron chi connectivity index (χ0n) is 18.6. The number of nitrogens with zero attached hydrogens (tertiary/aromatic N) is 3. The van der Waals surface area contributed by atoms with Crippen LogP contribution in [0.15, 0.2) is 54.6 Å². The first-order chi connectivity index (χ1) is 16.2. The van der Waals surface area contributed by atoms with Gasteiger partial charge in [-0.05, 0) is 36.6 Å². The minimum Gasteiger partial charge on any atom is -0.337 e. The average Bonchev–Trinajstić information content (AvgIpc) is 3.34. The Morgan fingerprint density at radius 1 is 0.853 bits per heavy atom. The molecule has 2 heterocycles. The summed E-state index contributed by atoms with van der Waals surface area (Å²) in [5.74, 6) is -0.704. The van der Waals surface area contributed by atoms with Crippen molar-refractivity contribution in [2.45, 2.75) is 31.5 Å². The van der Waals surface area contributed by atoms with Crippen LogP contribution >= 0.6 is 0 Å². The molecule has 1 unspecified atom stereocenters. The fourth-order valence-electron chi connectivity index (χ4n) is 4.55. The smallest absolute Gasteiger partial charge is 0.337 e. The Hall–Kier alpha value is -3.36. The van der Waals surface area contributed by atoms with Crippen molar-refractivity contribution < 1.29 is 27.6 Å². The number of benzene rings is 2. The molecule has 0 N–H and O–H groups in total. The highest BCUT2D eigenvalue weighted by atomic mass is 19.4. The van der Waals surface area contributed by atoms with Gasteiger partial charge in [-0.25, -0.2) is 0 Å². The van der Waals surface area contributed by atoms with E-state index >= 15 is 0 Å². The van der Waals surface area contributed by atoms with Gasteiger partial charge in [0, 0.05) is 38.3 Å². The molecule has 0 saturated carbocycles. The molecule has 3 amide bonds. The second kappa shape index (κ2) is 9.87. The number of carbonyl (C=O) groups excluding carboxylic acids is 3. The van der Waals surface area contributed by atoms with Crippen LogP contribution in [0.2, 0.25) is 0 Å². The van der Waals surface area contributed by atoms with E-state index in [0.717, 1.165) is 24.1 Å². The van der Waals surface area contributed by atoms with Crippen LogP contribution in [0.25, 0.3) is 0 Å². The normalized spacial score (nSPS) is 18.8. The third-order valence-corrected chi connectivity index (χ3v) is 6.37. The summed E-state index contributed by atoms with van der Waals surface area (Å²) in [5.41, 5.74) is 0.00375. The van der Waals surface area contributed by atoms with Crippen LogP contribution < -0.4 is 0 Å². The highest BCUT2D eigenvalue weighted by Gasteiger charge is 2.38. The fourth-order valence-corrected chi connectivity index (χ4v) is 4.55. The molecule has 1 atom stereocenters. The summed E-state index contributed by atoms with van der Waals surface area (Å²) >= 11 is 0. The van der Waals surface area contributed by atoms with Gasteiger partial charge in [-0.15, -0.1) is 0 Å². The van der Waals surface area contributed by atoms with Crippen molar-refractivity contribution in [1.82, 2.24) is 14.7 Å². The van der Waals surface area contributed by atoms with Gasteiger partial charge in [0.1, 0.15) is 6.04 Å². The molecule has 2 fully saturated rings. The Balaban J connectivity index is 1.35. The Labute approximate surface area is 195 Å².